The summed E-state index contributed by atoms with van der Waals surface area (Å²) >= 11 is 4.99. The number of benzene rings is 1. The van der Waals surface area contributed by atoms with Crippen molar-refractivity contribution in [2.24, 2.45) is 0 Å². The minimum absolute atomic E-state index is 0.604. The van der Waals surface area contributed by atoms with Crippen molar-refractivity contribution < 1.29 is 5.73 Å². The Labute approximate surface area is 83.3 Å². The van der Waals surface area contributed by atoms with Gasteiger partial charge in [0, 0.05) is 18.8 Å². The van der Waals surface area contributed by atoms with Crippen LogP contribution in [0.2, 0.25) is 0 Å². The number of thiocarbonyl (C=S) groups is 1. The molecular formula is C10H13N2S+. The smallest absolute Gasteiger partial charge is 0.267 e. The molecule has 0 radical (unpaired) electrons. The van der Waals surface area contributed by atoms with Crippen LogP contribution in [0.1, 0.15) is 5.56 Å². The van der Waals surface area contributed by atoms with Crippen molar-refractivity contribution in [3.05, 3.63) is 35.9 Å². The minimum Gasteiger partial charge on any atom is -0.311 e. The van der Waals surface area contributed by atoms with Gasteiger partial charge in [0.1, 0.15) is 0 Å². The third-order valence-electron chi connectivity index (χ3n) is 2.35. The van der Waals surface area contributed by atoms with Gasteiger partial charge >= 0.3 is 0 Å². The second-order valence-corrected chi connectivity index (χ2v) is 3.86. The predicted molar refractivity (Wildman–Crippen MR) is 56.1 cm³/mol. The molecule has 2 rings (SSSR count). The second kappa shape index (κ2) is 3.44. The number of quaternary nitrogens is 1. The summed E-state index contributed by atoms with van der Waals surface area (Å²) in [4.78, 5) is 2.16. The van der Waals surface area contributed by atoms with Gasteiger partial charge in [-0.1, -0.05) is 30.3 Å². The molecule has 1 aromatic rings. The van der Waals surface area contributed by atoms with Crippen molar-refractivity contribution in [3.63, 3.8) is 0 Å². The standard InChI is InChI=1S/C10H12N2S/c11-10(13)12-7-9(12)6-8-4-2-1-3-5-8/h1-5,9H,6-7H2,(H2,11,13)/p+1/t9-,12?/m0/s1. The molecule has 1 aromatic carbocycles. The summed E-state index contributed by atoms with van der Waals surface area (Å²) in [6, 6.07) is 11.1. The molecule has 0 unspecified atom stereocenters. The summed E-state index contributed by atoms with van der Waals surface area (Å²) in [6.07, 6.45) is 1.09. The van der Waals surface area contributed by atoms with Crippen LogP contribution in [0.15, 0.2) is 30.3 Å². The molecule has 0 bridgehead atoms. The Morgan fingerprint density at radius 3 is 2.69 bits per heavy atom. The first kappa shape index (κ1) is 8.66. The SMILES string of the molecule is [NH3+]C(=S)N1C[C@@H]1Cc1ccccc1. The van der Waals surface area contributed by atoms with Gasteiger partial charge in [-0.25, -0.2) is 0 Å². The highest BCUT2D eigenvalue weighted by atomic mass is 32.1. The lowest BCUT2D eigenvalue weighted by Crippen LogP contribution is -2.59. The molecule has 13 heavy (non-hydrogen) atoms. The molecular weight excluding hydrogens is 180 g/mol. The zero-order chi connectivity index (χ0) is 9.26. The average molecular weight is 193 g/mol. The molecule has 68 valence electrons. The van der Waals surface area contributed by atoms with E-state index < -0.39 is 0 Å². The van der Waals surface area contributed by atoms with Gasteiger partial charge in [-0.2, -0.15) is 0 Å². The van der Waals surface area contributed by atoms with Crippen molar-refractivity contribution in [1.82, 2.24) is 4.90 Å². The van der Waals surface area contributed by atoms with Gasteiger partial charge in [-0.15, -0.1) is 0 Å². The highest BCUT2D eigenvalue weighted by Crippen LogP contribution is 2.20. The zero-order valence-corrected chi connectivity index (χ0v) is 8.26. The quantitative estimate of drug-likeness (QED) is 0.546. The maximum Gasteiger partial charge on any atom is 0.267 e. The second-order valence-electron chi connectivity index (χ2n) is 3.39. The van der Waals surface area contributed by atoms with Crippen LogP contribution in [-0.4, -0.2) is 22.6 Å². The molecule has 1 atom stereocenters. The monoisotopic (exact) mass is 193 g/mol. The molecule has 3 heteroatoms. The maximum atomic E-state index is 4.99. The first-order valence-electron chi connectivity index (χ1n) is 4.44. The summed E-state index contributed by atoms with van der Waals surface area (Å²) in [7, 11) is 0. The van der Waals surface area contributed by atoms with E-state index in [-0.39, 0.29) is 0 Å². The summed E-state index contributed by atoms with van der Waals surface area (Å²) in [5.74, 6) is 0. The number of hydrogen-bond acceptors (Lipinski definition) is 1. The number of rotatable bonds is 2. The highest BCUT2D eigenvalue weighted by Gasteiger charge is 2.36. The Hall–Kier alpha value is -0.930. The summed E-state index contributed by atoms with van der Waals surface area (Å²) in [6.45, 7) is 1.08. The highest BCUT2D eigenvalue weighted by molar-refractivity contribution is 7.79. The van der Waals surface area contributed by atoms with Crippen LogP contribution in [0.3, 0.4) is 0 Å². The fourth-order valence-electron chi connectivity index (χ4n) is 1.55. The Balaban J connectivity index is 1.92. The maximum absolute atomic E-state index is 4.99. The van der Waals surface area contributed by atoms with Crippen molar-refractivity contribution >= 4 is 17.3 Å². The molecule has 1 saturated heterocycles. The van der Waals surface area contributed by atoms with E-state index >= 15 is 0 Å². The fourth-order valence-corrected chi connectivity index (χ4v) is 1.77. The molecule has 1 aliphatic heterocycles. The molecule has 0 aromatic heterocycles. The Bertz CT molecular complexity index is 310. The summed E-state index contributed by atoms with van der Waals surface area (Å²) in [5, 5.41) is 0.779. The van der Waals surface area contributed by atoms with E-state index in [1.54, 1.807) is 0 Å². The lowest BCUT2D eigenvalue weighted by Gasteiger charge is -1.99. The van der Waals surface area contributed by atoms with Crippen LogP contribution >= 0.6 is 12.2 Å². The van der Waals surface area contributed by atoms with Gasteiger partial charge in [0.2, 0.25) is 0 Å². The third-order valence-corrected chi connectivity index (χ3v) is 2.58. The normalized spacial score (nSPS) is 20.1. The van der Waals surface area contributed by atoms with Crippen LogP contribution < -0.4 is 5.73 Å². The van der Waals surface area contributed by atoms with E-state index in [1.165, 1.54) is 5.56 Å². The van der Waals surface area contributed by atoms with Crippen LogP contribution in [-0.2, 0) is 6.42 Å². The van der Waals surface area contributed by atoms with Gasteiger partial charge < -0.3 is 10.6 Å². The molecule has 2 nitrogen and oxygen atoms in total. The first-order chi connectivity index (χ1) is 6.27. The van der Waals surface area contributed by atoms with E-state index in [0.717, 1.165) is 18.1 Å². The van der Waals surface area contributed by atoms with E-state index in [1.807, 2.05) is 6.07 Å². The van der Waals surface area contributed by atoms with E-state index in [0.29, 0.717) is 6.04 Å². The lowest BCUT2D eigenvalue weighted by molar-refractivity contribution is -0.222. The molecule has 0 spiro atoms. The van der Waals surface area contributed by atoms with Gasteiger partial charge in [-0.05, 0) is 12.0 Å². The molecule has 0 aliphatic carbocycles. The Morgan fingerprint density at radius 2 is 2.15 bits per heavy atom. The van der Waals surface area contributed by atoms with Crippen molar-refractivity contribution in [2.75, 3.05) is 6.54 Å². The topological polar surface area (TPSA) is 30.6 Å². The molecule has 0 amide bonds. The Kier molecular flexibility index (Phi) is 2.29. The van der Waals surface area contributed by atoms with Gasteiger partial charge in [0.25, 0.3) is 5.11 Å². The molecule has 1 heterocycles. The largest absolute Gasteiger partial charge is 0.311 e. The van der Waals surface area contributed by atoms with Crippen LogP contribution in [0.4, 0.5) is 0 Å². The van der Waals surface area contributed by atoms with Gasteiger partial charge in [-0.3, -0.25) is 0 Å². The molecule has 3 N–H and O–H groups in total. The molecule has 0 saturated carbocycles. The van der Waals surface area contributed by atoms with Crippen molar-refractivity contribution in [1.29, 1.82) is 0 Å². The summed E-state index contributed by atoms with van der Waals surface area (Å²) < 4.78 is 0. The minimum atomic E-state index is 0.604. The predicted octanol–water partition coefficient (Wildman–Crippen LogP) is 0.440. The van der Waals surface area contributed by atoms with Gasteiger partial charge in [0.05, 0.1) is 6.04 Å². The van der Waals surface area contributed by atoms with Crippen molar-refractivity contribution in [3.8, 4) is 0 Å². The third kappa shape index (κ3) is 2.05. The summed E-state index contributed by atoms with van der Waals surface area (Å²) in [5.41, 5.74) is 5.13. The average Bonchev–Trinajstić information content (AvgIpc) is 2.86. The van der Waals surface area contributed by atoms with E-state index in [2.05, 4.69) is 34.9 Å². The van der Waals surface area contributed by atoms with E-state index in [4.69, 9.17) is 12.2 Å². The van der Waals surface area contributed by atoms with Crippen LogP contribution in [0.25, 0.3) is 0 Å². The lowest BCUT2D eigenvalue weighted by atomic mass is 10.1. The van der Waals surface area contributed by atoms with Crippen LogP contribution in [0.5, 0.6) is 0 Å². The fraction of sp³-hybridized carbons (Fsp3) is 0.300. The number of nitrogens with zero attached hydrogens (tertiary/aromatic N) is 1. The van der Waals surface area contributed by atoms with E-state index in [9.17, 15) is 0 Å². The van der Waals surface area contributed by atoms with Crippen LogP contribution in [0, 0.1) is 0 Å². The molecule has 1 fully saturated rings. The first-order valence-corrected chi connectivity index (χ1v) is 4.84. The Morgan fingerprint density at radius 1 is 1.46 bits per heavy atom. The molecule has 1 aliphatic rings. The van der Waals surface area contributed by atoms with Crippen molar-refractivity contribution in [2.45, 2.75) is 12.5 Å². The number of hydrogen-bond donors (Lipinski definition) is 1. The zero-order valence-electron chi connectivity index (χ0n) is 7.44. The van der Waals surface area contributed by atoms with Gasteiger partial charge in [0.15, 0.2) is 0 Å².